The van der Waals surface area contributed by atoms with Crippen LogP contribution in [0.2, 0.25) is 0 Å². The van der Waals surface area contributed by atoms with Crippen LogP contribution in [0.15, 0.2) is 95.4 Å². The molecule has 1 saturated heterocycles. The second-order valence-electron chi connectivity index (χ2n) is 8.46. The Hall–Kier alpha value is -2.69. The first-order valence-electron chi connectivity index (χ1n) is 11.7. The molecule has 0 spiro atoms. The molecule has 3 aromatic carbocycles. The van der Waals surface area contributed by atoms with Crippen LogP contribution in [0.5, 0.6) is 0 Å². The van der Waals surface area contributed by atoms with Crippen LogP contribution in [0.25, 0.3) is 0 Å². The van der Waals surface area contributed by atoms with Crippen LogP contribution in [0.1, 0.15) is 16.7 Å². The highest BCUT2D eigenvalue weighted by molar-refractivity contribution is 7.83. The van der Waals surface area contributed by atoms with E-state index < -0.39 is 34.9 Å². The summed E-state index contributed by atoms with van der Waals surface area (Å²) in [6.07, 6.45) is -2.30. The minimum absolute atomic E-state index is 0.153. The summed E-state index contributed by atoms with van der Waals surface area (Å²) < 4.78 is 65.6. The second kappa shape index (κ2) is 13.0. The lowest BCUT2D eigenvalue weighted by molar-refractivity contribution is -0.203. The minimum atomic E-state index is -5.37. The molecule has 36 heavy (non-hydrogen) atoms. The van der Waals surface area contributed by atoms with Gasteiger partial charge in [-0.2, -0.15) is 8.57 Å². The summed E-state index contributed by atoms with van der Waals surface area (Å²) >= 11 is 0. The molecule has 0 aromatic heterocycles. The lowest BCUT2D eigenvalue weighted by Crippen LogP contribution is -2.56. The van der Waals surface area contributed by atoms with E-state index in [0.717, 1.165) is 16.7 Å². The first kappa shape index (κ1) is 26.4. The van der Waals surface area contributed by atoms with Crippen LogP contribution in [-0.4, -0.2) is 41.8 Å². The summed E-state index contributed by atoms with van der Waals surface area (Å²) in [4.78, 5) is 0. The Bertz CT molecular complexity index is 1170. The van der Waals surface area contributed by atoms with Crippen molar-refractivity contribution >= 4 is 10.5 Å². The zero-order valence-electron chi connectivity index (χ0n) is 19.7. The number of nitrogens with zero attached hydrogens (tertiary/aromatic N) is 1. The fourth-order valence-corrected chi connectivity index (χ4v) is 4.54. The van der Waals surface area contributed by atoms with E-state index in [-0.39, 0.29) is 26.4 Å². The Labute approximate surface area is 210 Å². The minimum Gasteiger partial charge on any atom is -0.374 e. The SMILES string of the molecule is O=S(F)(F)=N[C@@H]1COC(COCc2ccccc2)C(OCc2ccccc2)C1OCc1ccccc1. The molecule has 0 aliphatic carbocycles. The molecule has 0 saturated carbocycles. The van der Waals surface area contributed by atoms with Crippen molar-refractivity contribution in [2.75, 3.05) is 13.2 Å². The lowest BCUT2D eigenvalue weighted by atomic mass is 9.98. The number of rotatable bonds is 11. The Balaban J connectivity index is 1.54. The van der Waals surface area contributed by atoms with E-state index in [4.69, 9.17) is 18.9 Å². The molecule has 0 radical (unpaired) electrons. The standard InChI is InChI=1S/C27H29F2NO5S/c28-36(29,31)30-24-19-33-25(20-32-16-21-10-4-1-5-11-21)27(35-18-23-14-8-3-9-15-23)26(24)34-17-22-12-6-2-7-13-22/h1-15,24-27H,16-20H2/t24-,25?,26?,27?/m1/s1. The molecule has 9 heteroatoms. The van der Waals surface area contributed by atoms with E-state index in [9.17, 15) is 12.0 Å². The molecule has 0 N–H and O–H groups in total. The number of halogens is 2. The summed E-state index contributed by atoms with van der Waals surface area (Å²) in [5, 5.41) is 0. The molecule has 192 valence electrons. The third-order valence-electron chi connectivity index (χ3n) is 5.77. The highest BCUT2D eigenvalue weighted by Gasteiger charge is 2.43. The molecule has 6 nitrogen and oxygen atoms in total. The maximum Gasteiger partial charge on any atom is 0.367 e. The quantitative estimate of drug-likeness (QED) is 0.320. The second-order valence-corrected chi connectivity index (χ2v) is 9.47. The maximum atomic E-state index is 13.5. The largest absolute Gasteiger partial charge is 0.374 e. The van der Waals surface area contributed by atoms with Crippen molar-refractivity contribution in [3.8, 4) is 0 Å². The van der Waals surface area contributed by atoms with E-state index >= 15 is 0 Å². The number of hydrogen-bond donors (Lipinski definition) is 0. The van der Waals surface area contributed by atoms with Crippen LogP contribution in [0.4, 0.5) is 7.77 Å². The summed E-state index contributed by atoms with van der Waals surface area (Å²) in [5.41, 5.74) is 2.76. The van der Waals surface area contributed by atoms with Gasteiger partial charge in [-0.1, -0.05) is 98.8 Å². The van der Waals surface area contributed by atoms with Gasteiger partial charge >= 0.3 is 10.5 Å². The van der Waals surface area contributed by atoms with Crippen LogP contribution in [-0.2, 0) is 49.3 Å². The van der Waals surface area contributed by atoms with Crippen LogP contribution >= 0.6 is 0 Å². The zero-order chi connectivity index (χ0) is 25.2. The van der Waals surface area contributed by atoms with Gasteiger partial charge in [0.05, 0.1) is 33.0 Å². The van der Waals surface area contributed by atoms with Crippen molar-refractivity contribution in [2.24, 2.45) is 4.36 Å². The lowest BCUT2D eigenvalue weighted by Gasteiger charge is -2.40. The predicted molar refractivity (Wildman–Crippen MR) is 132 cm³/mol. The Morgan fingerprint density at radius 3 is 1.72 bits per heavy atom. The van der Waals surface area contributed by atoms with Crippen molar-refractivity contribution in [2.45, 2.75) is 44.2 Å². The first-order valence-corrected chi connectivity index (χ1v) is 13.0. The van der Waals surface area contributed by atoms with Crippen molar-refractivity contribution in [1.82, 2.24) is 0 Å². The number of ether oxygens (including phenoxy) is 4. The predicted octanol–water partition coefficient (Wildman–Crippen LogP) is 5.38. The van der Waals surface area contributed by atoms with Crippen molar-refractivity contribution < 1.29 is 30.9 Å². The first-order chi connectivity index (χ1) is 17.5. The van der Waals surface area contributed by atoms with Gasteiger partial charge < -0.3 is 18.9 Å². The molecule has 4 atom stereocenters. The Morgan fingerprint density at radius 1 is 0.750 bits per heavy atom. The van der Waals surface area contributed by atoms with Gasteiger partial charge in [0, 0.05) is 0 Å². The van der Waals surface area contributed by atoms with Gasteiger partial charge in [-0.15, -0.1) is 0 Å². The normalized spacial score (nSPS) is 22.3. The smallest absolute Gasteiger partial charge is 0.367 e. The van der Waals surface area contributed by atoms with E-state index in [1.165, 1.54) is 0 Å². The molecule has 0 amide bonds. The van der Waals surface area contributed by atoms with E-state index in [1.54, 1.807) is 0 Å². The van der Waals surface area contributed by atoms with Crippen LogP contribution in [0.3, 0.4) is 0 Å². The summed E-state index contributed by atoms with van der Waals surface area (Å²) in [7, 11) is -5.37. The third kappa shape index (κ3) is 8.18. The van der Waals surface area contributed by atoms with E-state index in [0.29, 0.717) is 6.61 Å². The molecule has 1 aliphatic rings. The monoisotopic (exact) mass is 517 g/mol. The Morgan fingerprint density at radius 2 is 1.22 bits per heavy atom. The summed E-state index contributed by atoms with van der Waals surface area (Å²) in [5.74, 6) is 0. The number of hydrogen-bond acceptors (Lipinski definition) is 6. The Kier molecular flexibility index (Phi) is 9.54. The summed E-state index contributed by atoms with van der Waals surface area (Å²) in [6, 6.07) is 27.3. The molecule has 4 rings (SSSR count). The summed E-state index contributed by atoms with van der Waals surface area (Å²) in [6.45, 7) is 0.697. The van der Waals surface area contributed by atoms with Gasteiger partial charge in [0.1, 0.15) is 24.4 Å². The zero-order valence-corrected chi connectivity index (χ0v) is 20.5. The highest BCUT2D eigenvalue weighted by atomic mass is 32.3. The van der Waals surface area contributed by atoms with Gasteiger partial charge in [-0.3, -0.25) is 0 Å². The molecule has 1 aliphatic heterocycles. The topological polar surface area (TPSA) is 66.4 Å². The number of benzene rings is 3. The molecule has 1 fully saturated rings. The molecule has 3 aromatic rings. The molecule has 3 unspecified atom stereocenters. The van der Waals surface area contributed by atoms with Gasteiger partial charge in [-0.25, -0.2) is 0 Å². The maximum absolute atomic E-state index is 13.5. The molecule has 0 bridgehead atoms. The van der Waals surface area contributed by atoms with Gasteiger partial charge in [0.2, 0.25) is 0 Å². The average Bonchev–Trinajstić information content (AvgIpc) is 2.88. The average molecular weight is 518 g/mol. The van der Waals surface area contributed by atoms with Crippen LogP contribution < -0.4 is 0 Å². The molecular formula is C27H29F2NO5S. The fourth-order valence-electron chi connectivity index (χ4n) is 4.04. The van der Waals surface area contributed by atoms with Gasteiger partial charge in [0.15, 0.2) is 0 Å². The molecular weight excluding hydrogens is 488 g/mol. The third-order valence-corrected chi connectivity index (χ3v) is 6.29. The molecule has 1 heterocycles. The van der Waals surface area contributed by atoms with E-state index in [1.807, 2.05) is 91.0 Å². The fraction of sp³-hybridized carbons (Fsp3) is 0.333. The van der Waals surface area contributed by atoms with Crippen molar-refractivity contribution in [3.05, 3.63) is 108 Å². The van der Waals surface area contributed by atoms with Crippen molar-refractivity contribution in [1.29, 1.82) is 0 Å². The van der Waals surface area contributed by atoms with Crippen LogP contribution in [0, 0.1) is 0 Å². The van der Waals surface area contributed by atoms with E-state index in [2.05, 4.69) is 4.36 Å². The highest BCUT2D eigenvalue weighted by Crippen LogP contribution is 2.27. The van der Waals surface area contributed by atoms with Gasteiger partial charge in [0.25, 0.3) is 0 Å². The van der Waals surface area contributed by atoms with Crippen molar-refractivity contribution in [3.63, 3.8) is 0 Å². The van der Waals surface area contributed by atoms with Gasteiger partial charge in [-0.05, 0) is 16.7 Å².